The van der Waals surface area contributed by atoms with Gasteiger partial charge in [-0.3, -0.25) is 0 Å². The lowest BCUT2D eigenvalue weighted by Gasteiger charge is -2.62. The standard InChI is InChI=1S/C27H48O2/c1-17(2)23(28)12-9-18(3)20-10-11-21-25-22(13-15-27(20,21)5)26(4)14-7-6-8-19(26)16-24(25)29/h17-25,28-29H,6-16H2,1-5H3/t18-,19?,20-,21+,22+,23?,24?,25+,26+,27-/m1/s1. The van der Waals surface area contributed by atoms with Crippen molar-refractivity contribution in [3.8, 4) is 0 Å². The molecule has 0 amide bonds. The van der Waals surface area contributed by atoms with Crippen LogP contribution < -0.4 is 0 Å². The molecule has 4 rings (SSSR count). The van der Waals surface area contributed by atoms with Crippen LogP contribution in [0.15, 0.2) is 0 Å². The van der Waals surface area contributed by atoms with E-state index in [1.165, 1.54) is 51.4 Å². The molecule has 0 saturated heterocycles. The van der Waals surface area contributed by atoms with Gasteiger partial charge in [0, 0.05) is 0 Å². The summed E-state index contributed by atoms with van der Waals surface area (Å²) in [5.74, 6) is 4.62. The molecular weight excluding hydrogens is 356 g/mol. The Morgan fingerprint density at radius 1 is 0.862 bits per heavy atom. The first-order chi connectivity index (χ1) is 13.7. The van der Waals surface area contributed by atoms with Gasteiger partial charge >= 0.3 is 0 Å². The van der Waals surface area contributed by atoms with Crippen LogP contribution in [0.25, 0.3) is 0 Å². The van der Waals surface area contributed by atoms with Crippen LogP contribution in [0.2, 0.25) is 0 Å². The molecular formula is C27H48O2. The second-order valence-electron chi connectivity index (χ2n) is 12.6. The normalized spacial score (nSPS) is 49.2. The van der Waals surface area contributed by atoms with Gasteiger partial charge in [0.25, 0.3) is 0 Å². The monoisotopic (exact) mass is 404 g/mol. The van der Waals surface area contributed by atoms with Gasteiger partial charge in [0.1, 0.15) is 0 Å². The first kappa shape index (κ1) is 22.1. The second-order valence-corrected chi connectivity index (χ2v) is 12.6. The van der Waals surface area contributed by atoms with Gasteiger partial charge in [0.2, 0.25) is 0 Å². The largest absolute Gasteiger partial charge is 0.393 e. The zero-order chi connectivity index (χ0) is 21.0. The first-order valence-electron chi connectivity index (χ1n) is 13.0. The molecule has 3 unspecified atom stereocenters. The van der Waals surface area contributed by atoms with Gasteiger partial charge in [-0.15, -0.1) is 0 Å². The number of rotatable bonds is 5. The number of aliphatic hydroxyl groups excluding tert-OH is 2. The van der Waals surface area contributed by atoms with E-state index in [-0.39, 0.29) is 12.2 Å². The van der Waals surface area contributed by atoms with Gasteiger partial charge in [-0.05, 0) is 110 Å². The minimum atomic E-state index is -0.151. The average molecular weight is 405 g/mol. The quantitative estimate of drug-likeness (QED) is 0.553. The highest BCUT2D eigenvalue weighted by Crippen LogP contribution is 2.68. The summed E-state index contributed by atoms with van der Waals surface area (Å²) in [6.07, 6.45) is 13.9. The summed E-state index contributed by atoms with van der Waals surface area (Å²) >= 11 is 0. The van der Waals surface area contributed by atoms with Crippen LogP contribution in [0.3, 0.4) is 0 Å². The highest BCUT2D eigenvalue weighted by molar-refractivity contribution is 5.11. The van der Waals surface area contributed by atoms with Crippen molar-refractivity contribution >= 4 is 0 Å². The molecule has 0 spiro atoms. The van der Waals surface area contributed by atoms with Crippen LogP contribution in [0, 0.1) is 52.3 Å². The number of hydrogen-bond donors (Lipinski definition) is 2. The number of hydrogen-bond acceptors (Lipinski definition) is 2. The molecule has 4 aliphatic rings. The van der Waals surface area contributed by atoms with Crippen molar-refractivity contribution in [2.45, 2.75) is 117 Å². The van der Waals surface area contributed by atoms with Crippen molar-refractivity contribution in [1.29, 1.82) is 0 Å². The first-order valence-corrected chi connectivity index (χ1v) is 13.0. The van der Waals surface area contributed by atoms with Crippen LogP contribution in [0.5, 0.6) is 0 Å². The van der Waals surface area contributed by atoms with E-state index in [2.05, 4.69) is 34.6 Å². The van der Waals surface area contributed by atoms with E-state index in [0.29, 0.717) is 28.6 Å². The van der Waals surface area contributed by atoms with E-state index < -0.39 is 0 Å². The molecule has 0 heterocycles. The molecule has 4 fully saturated rings. The minimum Gasteiger partial charge on any atom is -0.393 e. The van der Waals surface area contributed by atoms with E-state index in [0.717, 1.165) is 42.9 Å². The fourth-order valence-electron chi connectivity index (χ4n) is 9.20. The van der Waals surface area contributed by atoms with E-state index in [1.807, 2.05) is 0 Å². The maximum atomic E-state index is 11.3. The molecule has 0 aromatic rings. The molecule has 0 radical (unpaired) electrons. The smallest absolute Gasteiger partial charge is 0.0577 e. The highest BCUT2D eigenvalue weighted by Gasteiger charge is 2.62. The van der Waals surface area contributed by atoms with Crippen LogP contribution in [0.1, 0.15) is 105 Å². The van der Waals surface area contributed by atoms with E-state index in [1.54, 1.807) is 0 Å². The van der Waals surface area contributed by atoms with Gasteiger partial charge in [-0.25, -0.2) is 0 Å². The topological polar surface area (TPSA) is 40.5 Å². The lowest BCUT2D eigenvalue weighted by atomic mass is 9.44. The van der Waals surface area contributed by atoms with Gasteiger partial charge in [-0.2, -0.15) is 0 Å². The summed E-state index contributed by atoms with van der Waals surface area (Å²) in [5.41, 5.74) is 0.900. The second kappa shape index (κ2) is 8.12. The molecule has 4 saturated carbocycles. The number of fused-ring (bicyclic) bond motifs is 5. The lowest BCUT2D eigenvalue weighted by molar-refractivity contribution is -0.164. The van der Waals surface area contributed by atoms with Crippen molar-refractivity contribution in [2.75, 3.05) is 0 Å². The maximum Gasteiger partial charge on any atom is 0.0577 e. The lowest BCUT2D eigenvalue weighted by Crippen LogP contribution is -2.57. The number of aliphatic hydroxyl groups is 2. The molecule has 29 heavy (non-hydrogen) atoms. The van der Waals surface area contributed by atoms with E-state index >= 15 is 0 Å². The van der Waals surface area contributed by atoms with Gasteiger partial charge in [0.05, 0.1) is 12.2 Å². The summed E-state index contributed by atoms with van der Waals surface area (Å²) in [5, 5.41) is 21.7. The molecule has 4 aliphatic carbocycles. The molecule has 2 nitrogen and oxygen atoms in total. The Balaban J connectivity index is 1.50. The van der Waals surface area contributed by atoms with E-state index in [4.69, 9.17) is 0 Å². The SMILES string of the molecule is CC(C)C(O)CC[C@@H](C)[C@H]1CC[C@H]2[C@@H]3C(O)CC4CCCC[C@]4(C)[C@H]3CC[C@]12C. The van der Waals surface area contributed by atoms with Gasteiger partial charge in [-0.1, -0.05) is 47.5 Å². The van der Waals surface area contributed by atoms with Crippen LogP contribution in [-0.2, 0) is 0 Å². The third kappa shape index (κ3) is 3.63. The molecule has 0 aromatic carbocycles. The Morgan fingerprint density at radius 2 is 1.59 bits per heavy atom. The minimum absolute atomic E-state index is 0.0578. The Morgan fingerprint density at radius 3 is 2.31 bits per heavy atom. The molecule has 0 bridgehead atoms. The van der Waals surface area contributed by atoms with Crippen molar-refractivity contribution in [3.63, 3.8) is 0 Å². The molecule has 2 N–H and O–H groups in total. The summed E-state index contributed by atoms with van der Waals surface area (Å²) in [4.78, 5) is 0. The molecule has 10 atom stereocenters. The summed E-state index contributed by atoms with van der Waals surface area (Å²) in [6.45, 7) is 11.9. The summed E-state index contributed by atoms with van der Waals surface area (Å²) in [6, 6.07) is 0. The third-order valence-electron chi connectivity index (χ3n) is 11.0. The van der Waals surface area contributed by atoms with Crippen LogP contribution in [0.4, 0.5) is 0 Å². The molecule has 0 aromatic heterocycles. The Labute approximate surface area is 180 Å². The zero-order valence-electron chi connectivity index (χ0n) is 19.9. The molecule has 2 heteroatoms. The molecule has 0 aliphatic heterocycles. The Hall–Kier alpha value is -0.0800. The zero-order valence-corrected chi connectivity index (χ0v) is 19.9. The predicted molar refractivity (Wildman–Crippen MR) is 120 cm³/mol. The van der Waals surface area contributed by atoms with Crippen LogP contribution in [-0.4, -0.2) is 22.4 Å². The average Bonchev–Trinajstić information content (AvgIpc) is 3.03. The fourth-order valence-corrected chi connectivity index (χ4v) is 9.20. The van der Waals surface area contributed by atoms with Crippen molar-refractivity contribution in [1.82, 2.24) is 0 Å². The molecule has 168 valence electrons. The van der Waals surface area contributed by atoms with Crippen molar-refractivity contribution in [2.24, 2.45) is 52.3 Å². The van der Waals surface area contributed by atoms with Gasteiger partial charge in [0.15, 0.2) is 0 Å². The van der Waals surface area contributed by atoms with Gasteiger partial charge < -0.3 is 10.2 Å². The van der Waals surface area contributed by atoms with Crippen molar-refractivity contribution < 1.29 is 10.2 Å². The van der Waals surface area contributed by atoms with Crippen molar-refractivity contribution in [3.05, 3.63) is 0 Å². The summed E-state index contributed by atoms with van der Waals surface area (Å²) < 4.78 is 0. The Bertz CT molecular complexity index is 573. The third-order valence-corrected chi connectivity index (χ3v) is 11.0. The fraction of sp³-hybridized carbons (Fsp3) is 1.00. The predicted octanol–water partition coefficient (Wildman–Crippen LogP) is 6.44. The highest BCUT2D eigenvalue weighted by atomic mass is 16.3. The maximum absolute atomic E-state index is 11.3. The summed E-state index contributed by atoms with van der Waals surface area (Å²) in [7, 11) is 0. The Kier molecular flexibility index (Phi) is 6.19. The van der Waals surface area contributed by atoms with E-state index in [9.17, 15) is 10.2 Å². The van der Waals surface area contributed by atoms with Crippen LogP contribution >= 0.6 is 0 Å².